The SMILES string of the molecule is CC(C)Cn1ccnc1CNC(=O)C1COCCN1. The Balaban J connectivity index is 1.84. The largest absolute Gasteiger partial charge is 0.378 e. The Hall–Kier alpha value is -1.40. The van der Waals surface area contributed by atoms with Crippen molar-refractivity contribution in [3.8, 4) is 0 Å². The number of imidazole rings is 1. The Morgan fingerprint density at radius 1 is 1.68 bits per heavy atom. The lowest BCUT2D eigenvalue weighted by Crippen LogP contribution is -2.51. The van der Waals surface area contributed by atoms with E-state index in [2.05, 4.69) is 34.0 Å². The van der Waals surface area contributed by atoms with Crippen LogP contribution in [0.25, 0.3) is 0 Å². The molecule has 106 valence electrons. The number of hydrogen-bond donors (Lipinski definition) is 2. The zero-order valence-electron chi connectivity index (χ0n) is 11.6. The molecule has 0 aromatic carbocycles. The highest BCUT2D eigenvalue weighted by atomic mass is 16.5. The molecule has 1 saturated heterocycles. The van der Waals surface area contributed by atoms with Crippen LogP contribution in [0.3, 0.4) is 0 Å². The Labute approximate surface area is 113 Å². The van der Waals surface area contributed by atoms with Gasteiger partial charge in [-0.15, -0.1) is 0 Å². The molecule has 2 heterocycles. The molecule has 1 fully saturated rings. The Bertz CT molecular complexity index is 411. The molecule has 0 saturated carbocycles. The van der Waals surface area contributed by atoms with Crippen molar-refractivity contribution in [3.05, 3.63) is 18.2 Å². The van der Waals surface area contributed by atoms with Crippen molar-refractivity contribution in [2.75, 3.05) is 19.8 Å². The van der Waals surface area contributed by atoms with Gasteiger partial charge in [-0.1, -0.05) is 13.8 Å². The van der Waals surface area contributed by atoms with Gasteiger partial charge in [-0.05, 0) is 5.92 Å². The number of aromatic nitrogens is 2. The van der Waals surface area contributed by atoms with Gasteiger partial charge in [-0.2, -0.15) is 0 Å². The number of nitrogens with zero attached hydrogens (tertiary/aromatic N) is 2. The maximum atomic E-state index is 11.9. The lowest BCUT2D eigenvalue weighted by atomic mass is 10.2. The highest BCUT2D eigenvalue weighted by Gasteiger charge is 2.21. The average Bonchev–Trinajstić information content (AvgIpc) is 2.83. The summed E-state index contributed by atoms with van der Waals surface area (Å²) in [4.78, 5) is 16.2. The standard InChI is InChI=1S/C13H22N4O2/c1-10(2)8-17-5-3-15-12(17)7-16-13(18)11-9-19-6-4-14-11/h3,5,10-11,14H,4,6-9H2,1-2H3,(H,16,18). The molecular formula is C13H22N4O2. The van der Waals surface area contributed by atoms with E-state index in [4.69, 9.17) is 4.74 Å². The summed E-state index contributed by atoms with van der Waals surface area (Å²) in [5.41, 5.74) is 0. The van der Waals surface area contributed by atoms with E-state index in [0.717, 1.165) is 18.9 Å². The van der Waals surface area contributed by atoms with Gasteiger partial charge in [-0.3, -0.25) is 4.79 Å². The van der Waals surface area contributed by atoms with Crippen molar-refractivity contribution >= 4 is 5.91 Å². The second kappa shape index (κ2) is 6.68. The van der Waals surface area contributed by atoms with E-state index in [9.17, 15) is 4.79 Å². The van der Waals surface area contributed by atoms with Gasteiger partial charge in [0.1, 0.15) is 11.9 Å². The van der Waals surface area contributed by atoms with Gasteiger partial charge in [0.25, 0.3) is 0 Å². The Morgan fingerprint density at radius 3 is 3.21 bits per heavy atom. The highest BCUT2D eigenvalue weighted by Crippen LogP contribution is 2.03. The third kappa shape index (κ3) is 4.04. The van der Waals surface area contributed by atoms with E-state index >= 15 is 0 Å². The first-order valence-corrected chi connectivity index (χ1v) is 6.75. The first-order chi connectivity index (χ1) is 9.16. The number of amides is 1. The molecular weight excluding hydrogens is 244 g/mol. The molecule has 2 rings (SSSR count). The lowest BCUT2D eigenvalue weighted by Gasteiger charge is -2.22. The fraction of sp³-hybridized carbons (Fsp3) is 0.692. The van der Waals surface area contributed by atoms with E-state index < -0.39 is 0 Å². The Morgan fingerprint density at radius 2 is 2.53 bits per heavy atom. The van der Waals surface area contributed by atoms with Crippen LogP contribution < -0.4 is 10.6 Å². The molecule has 6 nitrogen and oxygen atoms in total. The summed E-state index contributed by atoms with van der Waals surface area (Å²) in [6.45, 7) is 7.51. The van der Waals surface area contributed by atoms with Gasteiger partial charge in [0.05, 0.1) is 19.8 Å². The van der Waals surface area contributed by atoms with Crippen molar-refractivity contribution in [2.24, 2.45) is 5.92 Å². The van der Waals surface area contributed by atoms with Crippen LogP contribution in [0.2, 0.25) is 0 Å². The van der Waals surface area contributed by atoms with Gasteiger partial charge in [0.15, 0.2) is 0 Å². The van der Waals surface area contributed by atoms with Crippen molar-refractivity contribution < 1.29 is 9.53 Å². The minimum atomic E-state index is -0.248. The molecule has 1 amide bonds. The average molecular weight is 266 g/mol. The van der Waals surface area contributed by atoms with Crippen LogP contribution >= 0.6 is 0 Å². The molecule has 19 heavy (non-hydrogen) atoms. The molecule has 1 aromatic rings. The summed E-state index contributed by atoms with van der Waals surface area (Å²) in [7, 11) is 0. The van der Waals surface area contributed by atoms with Gasteiger partial charge >= 0.3 is 0 Å². The third-order valence-corrected chi connectivity index (χ3v) is 3.02. The van der Waals surface area contributed by atoms with Crippen LogP contribution in [0, 0.1) is 5.92 Å². The first kappa shape index (κ1) is 14.0. The van der Waals surface area contributed by atoms with E-state index in [0.29, 0.717) is 25.7 Å². The molecule has 1 aliphatic rings. The number of nitrogens with one attached hydrogen (secondary N) is 2. The minimum absolute atomic E-state index is 0.0289. The molecule has 1 aliphatic heterocycles. The van der Waals surface area contributed by atoms with Gasteiger partial charge in [0.2, 0.25) is 5.91 Å². The van der Waals surface area contributed by atoms with Gasteiger partial charge in [-0.25, -0.2) is 4.98 Å². The third-order valence-electron chi connectivity index (χ3n) is 3.02. The number of carbonyl (C=O) groups is 1. The normalized spacial score (nSPS) is 19.6. The number of carbonyl (C=O) groups excluding carboxylic acids is 1. The number of ether oxygens (including phenoxy) is 1. The number of hydrogen-bond acceptors (Lipinski definition) is 4. The lowest BCUT2D eigenvalue weighted by molar-refractivity contribution is -0.126. The number of rotatable bonds is 5. The molecule has 1 aromatic heterocycles. The van der Waals surface area contributed by atoms with Crippen LogP contribution in [0.15, 0.2) is 12.4 Å². The van der Waals surface area contributed by atoms with Crippen molar-refractivity contribution in [3.63, 3.8) is 0 Å². The summed E-state index contributed by atoms with van der Waals surface area (Å²) in [6, 6.07) is -0.248. The van der Waals surface area contributed by atoms with E-state index in [-0.39, 0.29) is 11.9 Å². The second-order valence-electron chi connectivity index (χ2n) is 5.19. The maximum absolute atomic E-state index is 11.9. The molecule has 1 unspecified atom stereocenters. The smallest absolute Gasteiger partial charge is 0.239 e. The van der Waals surface area contributed by atoms with Gasteiger partial charge < -0.3 is 19.9 Å². The summed E-state index contributed by atoms with van der Waals surface area (Å²) in [5, 5.41) is 6.04. The Kier molecular flexibility index (Phi) is 4.93. The minimum Gasteiger partial charge on any atom is -0.378 e. The van der Waals surface area contributed by atoms with E-state index in [1.54, 1.807) is 6.20 Å². The van der Waals surface area contributed by atoms with Gasteiger partial charge in [0, 0.05) is 25.5 Å². The fourth-order valence-corrected chi connectivity index (χ4v) is 2.09. The molecule has 0 radical (unpaired) electrons. The maximum Gasteiger partial charge on any atom is 0.239 e. The summed E-state index contributed by atoms with van der Waals surface area (Å²) in [5.74, 6) is 1.41. The first-order valence-electron chi connectivity index (χ1n) is 6.75. The zero-order chi connectivity index (χ0) is 13.7. The van der Waals surface area contributed by atoms with Crippen LogP contribution in [-0.2, 0) is 22.6 Å². The van der Waals surface area contributed by atoms with Crippen molar-refractivity contribution in [2.45, 2.75) is 33.0 Å². The quantitative estimate of drug-likeness (QED) is 0.796. The molecule has 2 N–H and O–H groups in total. The molecule has 1 atom stereocenters. The number of morpholine rings is 1. The van der Waals surface area contributed by atoms with Crippen LogP contribution in [0.4, 0.5) is 0 Å². The molecule has 0 aliphatic carbocycles. The molecule has 0 bridgehead atoms. The summed E-state index contributed by atoms with van der Waals surface area (Å²) < 4.78 is 7.35. The van der Waals surface area contributed by atoms with Crippen molar-refractivity contribution in [1.29, 1.82) is 0 Å². The molecule has 6 heteroatoms. The molecule has 0 spiro atoms. The van der Waals surface area contributed by atoms with Crippen LogP contribution in [0.5, 0.6) is 0 Å². The van der Waals surface area contributed by atoms with E-state index in [1.807, 2.05) is 6.20 Å². The fourth-order valence-electron chi connectivity index (χ4n) is 2.09. The highest BCUT2D eigenvalue weighted by molar-refractivity contribution is 5.81. The van der Waals surface area contributed by atoms with E-state index in [1.165, 1.54) is 0 Å². The second-order valence-corrected chi connectivity index (χ2v) is 5.19. The predicted molar refractivity (Wildman–Crippen MR) is 71.5 cm³/mol. The summed E-state index contributed by atoms with van der Waals surface area (Å²) >= 11 is 0. The van der Waals surface area contributed by atoms with Crippen LogP contribution in [-0.4, -0.2) is 41.3 Å². The monoisotopic (exact) mass is 266 g/mol. The predicted octanol–water partition coefficient (Wildman–Crippen LogP) is 0.144. The topological polar surface area (TPSA) is 68.2 Å². The van der Waals surface area contributed by atoms with Crippen molar-refractivity contribution in [1.82, 2.24) is 20.2 Å². The summed E-state index contributed by atoms with van der Waals surface area (Å²) in [6.07, 6.45) is 3.72. The zero-order valence-corrected chi connectivity index (χ0v) is 11.6. The van der Waals surface area contributed by atoms with Crippen LogP contribution in [0.1, 0.15) is 19.7 Å².